The van der Waals surface area contributed by atoms with Crippen molar-refractivity contribution >= 4 is 11.9 Å². The van der Waals surface area contributed by atoms with E-state index >= 15 is 0 Å². The van der Waals surface area contributed by atoms with Gasteiger partial charge in [0.15, 0.2) is 0 Å². The molecule has 0 spiro atoms. The van der Waals surface area contributed by atoms with Crippen molar-refractivity contribution in [2.45, 2.75) is 18.8 Å². The maximum atomic E-state index is 12.9. The first-order chi connectivity index (χ1) is 8.93. The zero-order valence-corrected chi connectivity index (χ0v) is 10.8. The molecule has 0 unspecified atom stereocenters. The SMILES string of the molecule is COC(=N)C=CC(=O)OCCN1CCC(F)(F)CC1. The van der Waals surface area contributed by atoms with Crippen LogP contribution in [-0.4, -0.2) is 56.0 Å². The summed E-state index contributed by atoms with van der Waals surface area (Å²) in [5, 5.41) is 7.11. The Labute approximate surface area is 110 Å². The molecule has 0 aromatic rings. The molecule has 1 fully saturated rings. The van der Waals surface area contributed by atoms with Gasteiger partial charge in [-0.3, -0.25) is 10.3 Å². The van der Waals surface area contributed by atoms with Crippen LogP contribution in [0.1, 0.15) is 12.8 Å². The predicted octanol–water partition coefficient (Wildman–Crippen LogP) is 1.44. The van der Waals surface area contributed by atoms with E-state index in [1.807, 2.05) is 4.90 Å². The Balaban J connectivity index is 2.16. The first-order valence-corrected chi connectivity index (χ1v) is 6.00. The van der Waals surface area contributed by atoms with Gasteiger partial charge >= 0.3 is 5.97 Å². The Morgan fingerprint density at radius 1 is 1.37 bits per heavy atom. The lowest BCUT2D eigenvalue weighted by atomic mass is 10.1. The number of nitrogens with one attached hydrogen (secondary N) is 1. The van der Waals surface area contributed by atoms with Crippen molar-refractivity contribution in [3.05, 3.63) is 12.2 Å². The number of carbonyl (C=O) groups excluding carboxylic acids is 1. The molecule has 1 rings (SSSR count). The number of hydrogen-bond acceptors (Lipinski definition) is 5. The van der Waals surface area contributed by atoms with Gasteiger partial charge in [-0.05, 0) is 0 Å². The van der Waals surface area contributed by atoms with Gasteiger partial charge in [0, 0.05) is 44.6 Å². The molecular weight excluding hydrogens is 258 g/mol. The Kier molecular flexibility index (Phi) is 5.88. The minimum absolute atomic E-state index is 0.143. The van der Waals surface area contributed by atoms with Crippen molar-refractivity contribution in [1.29, 1.82) is 5.41 Å². The molecule has 0 saturated carbocycles. The second-order valence-corrected chi connectivity index (χ2v) is 4.27. The van der Waals surface area contributed by atoms with E-state index in [0.29, 0.717) is 19.6 Å². The maximum Gasteiger partial charge on any atom is 0.330 e. The summed E-state index contributed by atoms with van der Waals surface area (Å²) in [7, 11) is 1.32. The number of esters is 1. The van der Waals surface area contributed by atoms with Crippen molar-refractivity contribution < 1.29 is 23.0 Å². The van der Waals surface area contributed by atoms with E-state index < -0.39 is 11.9 Å². The van der Waals surface area contributed by atoms with E-state index in [2.05, 4.69) is 4.74 Å². The highest BCUT2D eigenvalue weighted by Gasteiger charge is 2.33. The fraction of sp³-hybridized carbons (Fsp3) is 0.667. The van der Waals surface area contributed by atoms with Crippen LogP contribution in [0.3, 0.4) is 0 Å². The lowest BCUT2D eigenvalue weighted by Crippen LogP contribution is -2.40. The third-order valence-electron chi connectivity index (χ3n) is 2.83. The van der Waals surface area contributed by atoms with E-state index in [-0.39, 0.29) is 25.3 Å². The summed E-state index contributed by atoms with van der Waals surface area (Å²) >= 11 is 0. The van der Waals surface area contributed by atoms with Gasteiger partial charge in [-0.15, -0.1) is 0 Å². The summed E-state index contributed by atoms with van der Waals surface area (Å²) in [6.07, 6.45) is 1.98. The minimum atomic E-state index is -2.56. The molecule has 5 nitrogen and oxygen atoms in total. The molecule has 0 aromatic carbocycles. The second kappa shape index (κ2) is 7.18. The summed E-state index contributed by atoms with van der Waals surface area (Å²) in [4.78, 5) is 13.0. The quantitative estimate of drug-likeness (QED) is 0.357. The van der Waals surface area contributed by atoms with Gasteiger partial charge in [0.25, 0.3) is 5.92 Å². The normalized spacial score (nSPS) is 19.3. The number of rotatable bonds is 5. The first kappa shape index (κ1) is 15.6. The zero-order chi connectivity index (χ0) is 14.3. The number of ether oxygens (including phenoxy) is 2. The van der Waals surface area contributed by atoms with Gasteiger partial charge in [0.05, 0.1) is 7.11 Å². The van der Waals surface area contributed by atoms with Gasteiger partial charge < -0.3 is 9.47 Å². The van der Waals surface area contributed by atoms with Gasteiger partial charge in [-0.25, -0.2) is 13.6 Å². The minimum Gasteiger partial charge on any atom is -0.481 e. The van der Waals surface area contributed by atoms with Gasteiger partial charge in [0.2, 0.25) is 5.90 Å². The molecule has 0 bridgehead atoms. The first-order valence-electron chi connectivity index (χ1n) is 6.00. The summed E-state index contributed by atoms with van der Waals surface area (Å²) in [5.41, 5.74) is 0. The maximum absolute atomic E-state index is 12.9. The third kappa shape index (κ3) is 6.28. The van der Waals surface area contributed by atoms with Crippen molar-refractivity contribution in [1.82, 2.24) is 4.90 Å². The van der Waals surface area contributed by atoms with Gasteiger partial charge in [0.1, 0.15) is 6.61 Å². The fourth-order valence-corrected chi connectivity index (χ4v) is 1.64. The topological polar surface area (TPSA) is 62.6 Å². The summed E-state index contributed by atoms with van der Waals surface area (Å²) < 4.78 is 35.2. The molecule has 108 valence electrons. The summed E-state index contributed by atoms with van der Waals surface area (Å²) in [5.74, 6) is -3.28. The highest BCUT2D eigenvalue weighted by atomic mass is 19.3. The molecule has 0 aliphatic carbocycles. The number of hydrogen-bond donors (Lipinski definition) is 1. The Bertz CT molecular complexity index is 349. The number of piperidine rings is 1. The number of methoxy groups -OCH3 is 1. The Hall–Kier alpha value is -1.50. The highest BCUT2D eigenvalue weighted by molar-refractivity contribution is 5.92. The molecule has 1 N–H and O–H groups in total. The average molecular weight is 276 g/mol. The highest BCUT2D eigenvalue weighted by Crippen LogP contribution is 2.27. The molecule has 19 heavy (non-hydrogen) atoms. The standard InChI is InChI=1S/C12H18F2N2O3/c1-18-10(15)2-3-11(17)19-9-8-16-6-4-12(13,14)5-7-16/h2-3,15H,4-9H2,1H3. The Morgan fingerprint density at radius 2 is 2.00 bits per heavy atom. The van der Waals surface area contributed by atoms with Crippen LogP contribution in [0.15, 0.2) is 12.2 Å². The average Bonchev–Trinajstić information content (AvgIpc) is 2.38. The van der Waals surface area contributed by atoms with Crippen molar-refractivity contribution in [2.75, 3.05) is 33.4 Å². The van der Waals surface area contributed by atoms with Crippen LogP contribution in [-0.2, 0) is 14.3 Å². The number of halogens is 2. The Morgan fingerprint density at radius 3 is 2.58 bits per heavy atom. The smallest absolute Gasteiger partial charge is 0.330 e. The largest absolute Gasteiger partial charge is 0.481 e. The molecule has 1 saturated heterocycles. The second-order valence-electron chi connectivity index (χ2n) is 4.27. The number of carbonyl (C=O) groups is 1. The molecule has 1 aliphatic heterocycles. The zero-order valence-electron chi connectivity index (χ0n) is 10.8. The number of alkyl halides is 2. The summed E-state index contributed by atoms with van der Waals surface area (Å²) in [6, 6.07) is 0. The molecule has 7 heteroatoms. The van der Waals surface area contributed by atoms with Crippen molar-refractivity contribution in [3.8, 4) is 0 Å². The van der Waals surface area contributed by atoms with E-state index in [0.717, 1.165) is 6.08 Å². The molecule has 1 heterocycles. The van der Waals surface area contributed by atoms with Crippen LogP contribution >= 0.6 is 0 Å². The predicted molar refractivity (Wildman–Crippen MR) is 65.5 cm³/mol. The third-order valence-corrected chi connectivity index (χ3v) is 2.83. The molecular formula is C12H18F2N2O3. The monoisotopic (exact) mass is 276 g/mol. The number of likely N-dealkylation sites (tertiary alicyclic amines) is 1. The van der Waals surface area contributed by atoms with E-state index in [4.69, 9.17) is 10.1 Å². The van der Waals surface area contributed by atoms with E-state index in [1.54, 1.807) is 0 Å². The number of nitrogens with zero attached hydrogens (tertiary/aromatic N) is 1. The van der Waals surface area contributed by atoms with E-state index in [9.17, 15) is 13.6 Å². The van der Waals surface area contributed by atoms with E-state index in [1.165, 1.54) is 13.2 Å². The molecule has 0 amide bonds. The molecule has 1 aliphatic rings. The van der Waals surface area contributed by atoms with Gasteiger partial charge in [-0.2, -0.15) is 0 Å². The lowest BCUT2D eigenvalue weighted by molar-refractivity contribution is -0.138. The molecule has 0 atom stereocenters. The van der Waals surface area contributed by atoms with Crippen LogP contribution in [0.4, 0.5) is 8.78 Å². The molecule has 0 radical (unpaired) electrons. The molecule has 0 aromatic heterocycles. The van der Waals surface area contributed by atoms with Crippen LogP contribution in [0.5, 0.6) is 0 Å². The fourth-order valence-electron chi connectivity index (χ4n) is 1.64. The van der Waals surface area contributed by atoms with Crippen molar-refractivity contribution in [2.24, 2.45) is 0 Å². The summed E-state index contributed by atoms with van der Waals surface area (Å²) in [6.45, 7) is 1.22. The van der Waals surface area contributed by atoms with Crippen LogP contribution < -0.4 is 0 Å². The van der Waals surface area contributed by atoms with Crippen LogP contribution in [0, 0.1) is 5.41 Å². The van der Waals surface area contributed by atoms with Crippen molar-refractivity contribution in [3.63, 3.8) is 0 Å². The lowest BCUT2D eigenvalue weighted by Gasteiger charge is -2.31. The van der Waals surface area contributed by atoms with Crippen LogP contribution in [0.2, 0.25) is 0 Å². The van der Waals surface area contributed by atoms with Gasteiger partial charge in [-0.1, -0.05) is 0 Å². The van der Waals surface area contributed by atoms with Crippen LogP contribution in [0.25, 0.3) is 0 Å².